The molecule has 0 fully saturated rings. The molecule has 0 aromatic carbocycles. The number of aliphatic hydroxyl groups is 2. The Morgan fingerprint density at radius 3 is 2.65 bits per heavy atom. The number of aliphatic hydroxyl groups excluding tert-OH is 2. The Morgan fingerprint density at radius 1 is 1.41 bits per heavy atom. The number of nitrogens with zero attached hydrogens (tertiary/aromatic N) is 2. The molecule has 1 heterocycles. The van der Waals surface area contributed by atoms with E-state index in [1.807, 2.05) is 11.0 Å². The van der Waals surface area contributed by atoms with E-state index >= 15 is 0 Å². The molecule has 0 aliphatic carbocycles. The molecule has 0 saturated carbocycles. The van der Waals surface area contributed by atoms with Crippen molar-refractivity contribution in [3.8, 4) is 0 Å². The van der Waals surface area contributed by atoms with Crippen LogP contribution in [0.25, 0.3) is 0 Å². The first-order chi connectivity index (χ1) is 8.19. The van der Waals surface area contributed by atoms with Gasteiger partial charge in [0.2, 0.25) is 0 Å². The monoisotopic (exact) mass is 240 g/mol. The van der Waals surface area contributed by atoms with Gasteiger partial charge in [0.15, 0.2) is 0 Å². The average molecular weight is 240 g/mol. The van der Waals surface area contributed by atoms with Gasteiger partial charge in [-0.15, -0.1) is 0 Å². The molecule has 0 aliphatic heterocycles. The van der Waals surface area contributed by atoms with Crippen LogP contribution in [0, 0.1) is 0 Å². The summed E-state index contributed by atoms with van der Waals surface area (Å²) in [6.07, 6.45) is 1.14. The molecule has 2 N–H and O–H groups in total. The average Bonchev–Trinajstić information content (AvgIpc) is 2.34. The maximum absolute atomic E-state index is 9.36. The van der Waals surface area contributed by atoms with Crippen LogP contribution in [-0.4, -0.2) is 48.6 Å². The molecule has 1 aromatic heterocycles. The van der Waals surface area contributed by atoms with Gasteiger partial charge in [0, 0.05) is 20.2 Å². The first kappa shape index (κ1) is 13.9. The van der Waals surface area contributed by atoms with Crippen LogP contribution in [0.3, 0.4) is 0 Å². The molecule has 0 aliphatic rings. The van der Waals surface area contributed by atoms with Gasteiger partial charge >= 0.3 is 0 Å². The number of hydrogen-bond acceptors (Lipinski definition) is 5. The summed E-state index contributed by atoms with van der Waals surface area (Å²) < 4.78 is 5.02. The molecule has 5 nitrogen and oxygen atoms in total. The molecule has 1 atom stereocenters. The van der Waals surface area contributed by atoms with Crippen LogP contribution in [0.5, 0.6) is 0 Å². The Morgan fingerprint density at radius 2 is 2.18 bits per heavy atom. The highest BCUT2D eigenvalue weighted by Crippen LogP contribution is 2.15. The summed E-state index contributed by atoms with van der Waals surface area (Å²) in [5.41, 5.74) is 1.56. The molecular formula is C12H20N2O3. The van der Waals surface area contributed by atoms with Gasteiger partial charge in [-0.2, -0.15) is 0 Å². The fourth-order valence-electron chi connectivity index (χ4n) is 1.52. The maximum Gasteiger partial charge on any atom is 0.0931 e. The Kier molecular flexibility index (Phi) is 5.90. The van der Waals surface area contributed by atoms with Crippen LogP contribution < -0.4 is 4.90 Å². The first-order valence-electron chi connectivity index (χ1n) is 5.67. The number of rotatable bonds is 7. The van der Waals surface area contributed by atoms with E-state index in [1.165, 1.54) is 0 Å². The lowest BCUT2D eigenvalue weighted by molar-refractivity contribution is 0.194. The zero-order chi connectivity index (χ0) is 12.7. The largest absolute Gasteiger partial charge is 0.395 e. The lowest BCUT2D eigenvalue weighted by Crippen LogP contribution is -2.30. The van der Waals surface area contributed by atoms with Gasteiger partial charge in [-0.1, -0.05) is 0 Å². The number of methoxy groups -OCH3 is 1. The molecule has 1 aromatic rings. The van der Waals surface area contributed by atoms with E-state index in [2.05, 4.69) is 4.98 Å². The smallest absolute Gasteiger partial charge is 0.0931 e. The number of aromatic nitrogens is 1. The zero-order valence-corrected chi connectivity index (χ0v) is 10.3. The van der Waals surface area contributed by atoms with Gasteiger partial charge < -0.3 is 19.8 Å². The first-order valence-corrected chi connectivity index (χ1v) is 5.67. The molecular weight excluding hydrogens is 220 g/mol. The van der Waals surface area contributed by atoms with E-state index in [4.69, 9.17) is 9.84 Å². The lowest BCUT2D eigenvalue weighted by Gasteiger charge is -2.23. The third-order valence-electron chi connectivity index (χ3n) is 2.50. The van der Waals surface area contributed by atoms with Crippen molar-refractivity contribution in [1.29, 1.82) is 0 Å². The summed E-state index contributed by atoms with van der Waals surface area (Å²) in [4.78, 5) is 6.16. The second-order valence-electron chi connectivity index (χ2n) is 3.82. The molecule has 5 heteroatoms. The van der Waals surface area contributed by atoms with Crippen LogP contribution >= 0.6 is 0 Å². The van der Waals surface area contributed by atoms with E-state index in [1.54, 1.807) is 26.3 Å². The molecule has 96 valence electrons. The van der Waals surface area contributed by atoms with Crippen molar-refractivity contribution in [2.45, 2.75) is 13.0 Å². The van der Waals surface area contributed by atoms with Crippen molar-refractivity contribution in [3.63, 3.8) is 0 Å². The SMILES string of the molecule is COCCN(CCO)c1ccc([C@H](C)O)nc1. The Balaban J connectivity index is 2.72. The Bertz CT molecular complexity index is 314. The minimum atomic E-state index is -0.561. The highest BCUT2D eigenvalue weighted by atomic mass is 16.5. The fraction of sp³-hybridized carbons (Fsp3) is 0.583. The molecule has 0 saturated heterocycles. The second-order valence-corrected chi connectivity index (χ2v) is 3.82. The number of ether oxygens (including phenoxy) is 1. The predicted molar refractivity (Wildman–Crippen MR) is 66.0 cm³/mol. The van der Waals surface area contributed by atoms with Gasteiger partial charge in [0.1, 0.15) is 0 Å². The van der Waals surface area contributed by atoms with Crippen molar-refractivity contribution in [2.24, 2.45) is 0 Å². The van der Waals surface area contributed by atoms with Crippen molar-refractivity contribution >= 4 is 5.69 Å². The van der Waals surface area contributed by atoms with Crippen molar-refractivity contribution in [1.82, 2.24) is 4.98 Å². The number of anilines is 1. The van der Waals surface area contributed by atoms with Crippen LogP contribution in [0.1, 0.15) is 18.7 Å². The van der Waals surface area contributed by atoms with Gasteiger partial charge in [0.25, 0.3) is 0 Å². The predicted octanol–water partition coefficient (Wildman–Crippen LogP) is 0.580. The second kappa shape index (κ2) is 7.21. The molecule has 1 rings (SSSR count). The lowest BCUT2D eigenvalue weighted by atomic mass is 10.2. The topological polar surface area (TPSA) is 65.8 Å². The van der Waals surface area contributed by atoms with E-state index < -0.39 is 6.10 Å². The van der Waals surface area contributed by atoms with Crippen LogP contribution in [0.15, 0.2) is 18.3 Å². The Labute approximate surface area is 102 Å². The van der Waals surface area contributed by atoms with E-state index in [0.717, 1.165) is 5.69 Å². The summed E-state index contributed by atoms with van der Waals surface area (Å²) in [6, 6.07) is 3.68. The molecule has 0 spiro atoms. The van der Waals surface area contributed by atoms with Crippen LogP contribution in [-0.2, 0) is 4.74 Å². The van der Waals surface area contributed by atoms with Crippen LogP contribution in [0.2, 0.25) is 0 Å². The summed E-state index contributed by atoms with van der Waals surface area (Å²) in [5.74, 6) is 0. The quantitative estimate of drug-likeness (QED) is 0.730. The standard InChI is InChI=1S/C12H20N2O3/c1-10(16)12-4-3-11(9-13-12)14(5-7-15)6-8-17-2/h3-4,9-10,15-16H,5-8H2,1-2H3/t10-/m0/s1. The summed E-state index contributed by atoms with van der Waals surface area (Å²) in [6.45, 7) is 3.60. The molecule has 17 heavy (non-hydrogen) atoms. The third kappa shape index (κ3) is 4.30. The summed E-state index contributed by atoms with van der Waals surface area (Å²) in [7, 11) is 1.64. The summed E-state index contributed by atoms with van der Waals surface area (Å²) in [5, 5.41) is 18.4. The fourth-order valence-corrected chi connectivity index (χ4v) is 1.52. The van der Waals surface area contributed by atoms with E-state index in [-0.39, 0.29) is 6.61 Å². The van der Waals surface area contributed by atoms with Gasteiger partial charge in [0.05, 0.1) is 36.9 Å². The minimum absolute atomic E-state index is 0.0852. The van der Waals surface area contributed by atoms with Gasteiger partial charge in [-0.25, -0.2) is 0 Å². The maximum atomic E-state index is 9.36. The van der Waals surface area contributed by atoms with Gasteiger partial charge in [-0.05, 0) is 19.1 Å². The molecule has 0 radical (unpaired) electrons. The van der Waals surface area contributed by atoms with Gasteiger partial charge in [-0.3, -0.25) is 4.98 Å². The molecule has 0 amide bonds. The van der Waals surface area contributed by atoms with E-state index in [9.17, 15) is 5.11 Å². The zero-order valence-electron chi connectivity index (χ0n) is 10.3. The molecule has 0 bridgehead atoms. The van der Waals surface area contributed by atoms with Crippen molar-refractivity contribution in [2.75, 3.05) is 38.3 Å². The minimum Gasteiger partial charge on any atom is -0.395 e. The van der Waals surface area contributed by atoms with Crippen molar-refractivity contribution in [3.05, 3.63) is 24.0 Å². The molecule has 0 unspecified atom stereocenters. The number of pyridine rings is 1. The third-order valence-corrected chi connectivity index (χ3v) is 2.50. The number of hydrogen-bond donors (Lipinski definition) is 2. The van der Waals surface area contributed by atoms with Crippen molar-refractivity contribution < 1.29 is 14.9 Å². The normalized spacial score (nSPS) is 12.5. The highest BCUT2D eigenvalue weighted by Gasteiger charge is 2.07. The van der Waals surface area contributed by atoms with Crippen LogP contribution in [0.4, 0.5) is 5.69 Å². The Hall–Kier alpha value is -1.17. The van der Waals surface area contributed by atoms with E-state index in [0.29, 0.717) is 25.4 Å². The highest BCUT2D eigenvalue weighted by molar-refractivity contribution is 5.44. The summed E-state index contributed by atoms with van der Waals surface area (Å²) >= 11 is 0.